The molecule has 0 radical (unpaired) electrons. The second-order valence-corrected chi connectivity index (χ2v) is 4.69. The van der Waals surface area contributed by atoms with Gasteiger partial charge >= 0.3 is 0 Å². The lowest BCUT2D eigenvalue weighted by Crippen LogP contribution is -2.14. The predicted octanol–water partition coefficient (Wildman–Crippen LogP) is 1.76. The van der Waals surface area contributed by atoms with Crippen LogP contribution in [0.1, 0.15) is 0 Å². The van der Waals surface area contributed by atoms with Crippen molar-refractivity contribution in [3.63, 3.8) is 0 Å². The molecule has 3 N–H and O–H groups in total. The van der Waals surface area contributed by atoms with Gasteiger partial charge in [0.05, 0.1) is 10.4 Å². The number of nitrogens with two attached hydrogens (primary N) is 1. The van der Waals surface area contributed by atoms with Crippen LogP contribution >= 0.6 is 11.3 Å². The van der Waals surface area contributed by atoms with Crippen LogP contribution in [0, 0.1) is 0 Å². The van der Waals surface area contributed by atoms with Gasteiger partial charge in [0.15, 0.2) is 0 Å². The summed E-state index contributed by atoms with van der Waals surface area (Å²) in [6.07, 6.45) is 0. The molecule has 78 valence electrons. The molecule has 3 nitrogen and oxygen atoms in total. The number of anilines is 1. The van der Waals surface area contributed by atoms with Crippen molar-refractivity contribution in [2.45, 2.75) is 0 Å². The Morgan fingerprint density at radius 1 is 1.19 bits per heavy atom. The van der Waals surface area contributed by atoms with Crippen LogP contribution in [0.25, 0.3) is 20.8 Å². The van der Waals surface area contributed by atoms with Gasteiger partial charge in [-0.15, -0.1) is 11.3 Å². The van der Waals surface area contributed by atoms with Crippen LogP contribution in [-0.4, -0.2) is 0 Å². The van der Waals surface area contributed by atoms with E-state index in [0.29, 0.717) is 0 Å². The van der Waals surface area contributed by atoms with Gasteiger partial charge in [0.25, 0.3) is 0 Å². The molecular weight excluding hydrogens is 220 g/mol. The van der Waals surface area contributed by atoms with Crippen LogP contribution in [0.2, 0.25) is 0 Å². The molecule has 0 saturated heterocycles. The molecule has 0 aromatic heterocycles. The summed E-state index contributed by atoms with van der Waals surface area (Å²) >= 11 is 1.59. The first-order chi connectivity index (χ1) is 7.74. The first-order valence-corrected chi connectivity index (χ1v) is 5.70. The largest absolute Gasteiger partial charge is 0.395 e. The van der Waals surface area contributed by atoms with E-state index in [1.165, 1.54) is 0 Å². The molecule has 3 rings (SSSR count). The van der Waals surface area contributed by atoms with E-state index >= 15 is 0 Å². The molecular formula is C12H9N2OS+. The van der Waals surface area contributed by atoms with Crippen molar-refractivity contribution in [2.24, 2.45) is 0 Å². The van der Waals surface area contributed by atoms with Crippen LogP contribution in [0.15, 0.2) is 41.2 Å². The molecule has 1 aromatic rings. The van der Waals surface area contributed by atoms with E-state index in [9.17, 15) is 4.79 Å². The standard InChI is InChI=1S/C12H8N2OS/c13-7-5-9-12(6-10(7)15)16-11-4-2-1-3-8(11)14-9/h1-6H,13H2/p+1. The molecule has 2 aliphatic rings. The smallest absolute Gasteiger partial charge is 0.223 e. The molecule has 0 unspecified atom stereocenters. The highest BCUT2D eigenvalue weighted by atomic mass is 32.1. The van der Waals surface area contributed by atoms with Crippen molar-refractivity contribution in [3.05, 3.63) is 46.6 Å². The fourth-order valence-corrected chi connectivity index (χ4v) is 2.68. The highest BCUT2D eigenvalue weighted by molar-refractivity contribution is 7.21. The Balaban J connectivity index is 2.48. The molecule has 1 heterocycles. The Kier molecular flexibility index (Phi) is 1.91. The number of nitrogen functional groups attached to an aromatic ring is 1. The van der Waals surface area contributed by atoms with Crippen molar-refractivity contribution in [3.8, 4) is 10.6 Å². The molecule has 0 amide bonds. The number of hydrogen-bond donors (Lipinski definition) is 1. The number of benzene rings is 2. The van der Waals surface area contributed by atoms with E-state index < -0.39 is 0 Å². The van der Waals surface area contributed by atoms with E-state index in [1.54, 1.807) is 23.5 Å². The van der Waals surface area contributed by atoms with Crippen molar-refractivity contribution >= 4 is 27.2 Å². The van der Waals surface area contributed by atoms with Gasteiger partial charge < -0.3 is 5.73 Å². The van der Waals surface area contributed by atoms with Crippen molar-refractivity contribution < 1.29 is 4.98 Å². The minimum absolute atomic E-state index is 0.118. The minimum Gasteiger partial charge on any atom is -0.395 e. The van der Waals surface area contributed by atoms with Gasteiger partial charge in [0, 0.05) is 18.2 Å². The molecule has 0 fully saturated rings. The van der Waals surface area contributed by atoms with Crippen LogP contribution in [0.4, 0.5) is 5.69 Å². The Morgan fingerprint density at radius 2 is 2.00 bits per heavy atom. The third-order valence-electron chi connectivity index (χ3n) is 2.49. The number of H-pyrrole nitrogens is 1. The summed E-state index contributed by atoms with van der Waals surface area (Å²) in [5.41, 5.74) is 7.72. The number of hydrogen-bond acceptors (Lipinski definition) is 3. The zero-order valence-corrected chi connectivity index (χ0v) is 9.17. The first kappa shape index (κ1) is 9.30. The Hall–Kier alpha value is -1.94. The topological polar surface area (TPSA) is 57.2 Å². The van der Waals surface area contributed by atoms with Crippen molar-refractivity contribution in [1.82, 2.24) is 0 Å². The quantitative estimate of drug-likeness (QED) is 0.471. The highest BCUT2D eigenvalue weighted by Crippen LogP contribution is 2.27. The Labute approximate surface area is 95.5 Å². The summed E-state index contributed by atoms with van der Waals surface area (Å²) in [6, 6.07) is 11.3. The van der Waals surface area contributed by atoms with Gasteiger partial charge in [-0.3, -0.25) is 4.79 Å². The van der Waals surface area contributed by atoms with Gasteiger partial charge in [0.1, 0.15) is 4.88 Å². The highest BCUT2D eigenvalue weighted by Gasteiger charge is 2.14. The summed E-state index contributed by atoms with van der Waals surface area (Å²) in [6.45, 7) is 0. The molecule has 1 aromatic carbocycles. The first-order valence-electron chi connectivity index (χ1n) is 4.88. The monoisotopic (exact) mass is 229 g/mol. The normalized spacial score (nSPS) is 11.0. The summed E-state index contributed by atoms with van der Waals surface area (Å²) in [5.74, 6) is 0. The van der Waals surface area contributed by atoms with Gasteiger partial charge in [-0.2, -0.15) is 0 Å². The molecule has 1 aliphatic heterocycles. The summed E-state index contributed by atoms with van der Waals surface area (Å²) in [5, 5.41) is 0. The maximum Gasteiger partial charge on any atom is 0.223 e. The molecule has 0 spiro atoms. The van der Waals surface area contributed by atoms with Crippen LogP contribution in [0.5, 0.6) is 0 Å². The van der Waals surface area contributed by atoms with E-state index in [0.717, 1.165) is 20.8 Å². The van der Waals surface area contributed by atoms with Crippen molar-refractivity contribution in [1.29, 1.82) is 0 Å². The summed E-state index contributed by atoms with van der Waals surface area (Å²) in [4.78, 5) is 15.6. The number of nitrogens with one attached hydrogen (secondary N) is 1. The van der Waals surface area contributed by atoms with E-state index in [2.05, 4.69) is 4.98 Å². The molecule has 16 heavy (non-hydrogen) atoms. The molecule has 1 aliphatic carbocycles. The number of aromatic amines is 1. The lowest BCUT2D eigenvalue weighted by atomic mass is 10.2. The molecule has 0 bridgehead atoms. The maximum atomic E-state index is 11.4. The predicted molar refractivity (Wildman–Crippen MR) is 65.7 cm³/mol. The lowest BCUT2D eigenvalue weighted by Gasteiger charge is -2.00. The number of fused-ring (bicyclic) bond motifs is 2. The zero-order chi connectivity index (χ0) is 11.1. The van der Waals surface area contributed by atoms with E-state index in [-0.39, 0.29) is 11.1 Å². The molecule has 0 saturated carbocycles. The average molecular weight is 229 g/mol. The number of rotatable bonds is 0. The van der Waals surface area contributed by atoms with Gasteiger partial charge in [-0.25, -0.2) is 4.98 Å². The Bertz CT molecular complexity index is 705. The van der Waals surface area contributed by atoms with Gasteiger partial charge in [-0.1, -0.05) is 12.1 Å². The van der Waals surface area contributed by atoms with E-state index in [1.807, 2.05) is 24.3 Å². The second kappa shape index (κ2) is 3.28. The third-order valence-corrected chi connectivity index (χ3v) is 3.62. The SMILES string of the molecule is Nc1cc2[nH+]c3ccccc3sc-2cc1=O. The van der Waals surface area contributed by atoms with Crippen LogP contribution in [0.3, 0.4) is 0 Å². The number of para-hydroxylation sites is 1. The maximum absolute atomic E-state index is 11.4. The summed E-state index contributed by atoms with van der Waals surface area (Å²) < 4.78 is 1.12. The lowest BCUT2D eigenvalue weighted by molar-refractivity contribution is -0.330. The Morgan fingerprint density at radius 3 is 2.88 bits per heavy atom. The average Bonchev–Trinajstić information content (AvgIpc) is 2.28. The van der Waals surface area contributed by atoms with Gasteiger partial charge in [-0.05, 0) is 6.07 Å². The molecule has 4 heteroatoms. The zero-order valence-electron chi connectivity index (χ0n) is 8.36. The van der Waals surface area contributed by atoms with E-state index in [4.69, 9.17) is 5.73 Å². The third kappa shape index (κ3) is 1.35. The van der Waals surface area contributed by atoms with Crippen molar-refractivity contribution in [2.75, 3.05) is 5.73 Å². The minimum atomic E-state index is -0.118. The van der Waals surface area contributed by atoms with Gasteiger partial charge in [0.2, 0.25) is 16.6 Å². The van der Waals surface area contributed by atoms with Crippen LogP contribution < -0.4 is 16.1 Å². The second-order valence-electron chi connectivity index (χ2n) is 3.61. The molecule has 0 atom stereocenters. The number of aromatic nitrogens is 1. The summed E-state index contributed by atoms with van der Waals surface area (Å²) in [7, 11) is 0. The fraction of sp³-hybridized carbons (Fsp3) is 0. The van der Waals surface area contributed by atoms with Crippen LogP contribution in [-0.2, 0) is 0 Å². The fourth-order valence-electron chi connectivity index (χ4n) is 1.68.